The molecule has 2 fully saturated rings. The number of pyridine rings is 1. The lowest BCUT2D eigenvalue weighted by molar-refractivity contribution is 0.0350. The third-order valence-corrected chi connectivity index (χ3v) is 7.40. The second-order valence-corrected chi connectivity index (χ2v) is 9.74. The number of aryl methyl sites for hydroxylation is 1. The molecule has 0 bridgehead atoms. The van der Waals surface area contributed by atoms with E-state index < -0.39 is 0 Å². The van der Waals surface area contributed by atoms with Crippen molar-refractivity contribution in [3.8, 4) is 5.69 Å². The monoisotopic (exact) mass is 495 g/mol. The molecular weight excluding hydrogens is 466 g/mol. The summed E-state index contributed by atoms with van der Waals surface area (Å²) in [5.41, 5.74) is 5.67. The highest BCUT2D eigenvalue weighted by molar-refractivity contribution is 7.80. The van der Waals surface area contributed by atoms with Crippen molar-refractivity contribution in [1.29, 1.82) is 0 Å². The van der Waals surface area contributed by atoms with Crippen LogP contribution in [0.4, 0.5) is 0 Å². The Morgan fingerprint density at radius 2 is 1.91 bits per heavy atom. The van der Waals surface area contributed by atoms with Crippen LogP contribution in [0.15, 0.2) is 54.7 Å². The second kappa shape index (κ2) is 10.0. The number of morpholine rings is 1. The second-order valence-electron chi connectivity index (χ2n) is 8.92. The first kappa shape index (κ1) is 23.3. The Labute approximate surface area is 211 Å². The number of nitrogens with zero attached hydrogens (tertiary/aromatic N) is 4. The van der Waals surface area contributed by atoms with Crippen molar-refractivity contribution in [1.82, 2.24) is 24.7 Å². The summed E-state index contributed by atoms with van der Waals surface area (Å²) in [6.07, 6.45) is 1.85. The van der Waals surface area contributed by atoms with Crippen molar-refractivity contribution in [3.05, 3.63) is 82.4 Å². The molecule has 178 valence electrons. The van der Waals surface area contributed by atoms with Crippen LogP contribution in [0, 0.1) is 13.8 Å². The number of aromatic nitrogens is 2. The van der Waals surface area contributed by atoms with Crippen LogP contribution in [0.3, 0.4) is 0 Å². The van der Waals surface area contributed by atoms with Gasteiger partial charge in [-0.05, 0) is 68.0 Å². The molecule has 2 aliphatic heterocycles. The van der Waals surface area contributed by atoms with Gasteiger partial charge in [0.1, 0.15) is 0 Å². The van der Waals surface area contributed by atoms with Crippen LogP contribution in [0.1, 0.15) is 34.7 Å². The Morgan fingerprint density at radius 1 is 1.09 bits per heavy atom. The molecule has 0 spiro atoms. The van der Waals surface area contributed by atoms with E-state index in [4.69, 9.17) is 28.6 Å². The summed E-state index contributed by atoms with van der Waals surface area (Å²) >= 11 is 12.2. The number of benzene rings is 1. The summed E-state index contributed by atoms with van der Waals surface area (Å²) < 4.78 is 7.80. The fraction of sp³-hybridized carbons (Fsp3) is 0.385. The molecule has 0 unspecified atom stereocenters. The van der Waals surface area contributed by atoms with E-state index in [0.29, 0.717) is 0 Å². The highest BCUT2D eigenvalue weighted by Gasteiger charge is 2.41. The van der Waals surface area contributed by atoms with Gasteiger partial charge in [-0.3, -0.25) is 9.88 Å². The average Bonchev–Trinajstić information content (AvgIpc) is 3.33. The van der Waals surface area contributed by atoms with E-state index in [0.717, 1.165) is 60.9 Å². The van der Waals surface area contributed by atoms with E-state index in [9.17, 15) is 0 Å². The largest absolute Gasteiger partial charge is 0.379 e. The molecule has 0 amide bonds. The van der Waals surface area contributed by atoms with Gasteiger partial charge in [0.15, 0.2) is 5.11 Å². The van der Waals surface area contributed by atoms with Gasteiger partial charge >= 0.3 is 0 Å². The zero-order valence-electron chi connectivity index (χ0n) is 19.6. The number of nitrogens with one attached hydrogen (secondary N) is 1. The predicted molar refractivity (Wildman–Crippen MR) is 140 cm³/mol. The van der Waals surface area contributed by atoms with E-state index >= 15 is 0 Å². The normalized spacial score (nSPS) is 21.1. The maximum atomic E-state index is 6.32. The molecule has 0 aliphatic carbocycles. The Bertz CT molecular complexity index is 1160. The maximum absolute atomic E-state index is 6.32. The Morgan fingerprint density at radius 3 is 2.65 bits per heavy atom. The molecule has 8 heteroatoms. The van der Waals surface area contributed by atoms with Gasteiger partial charge < -0.3 is 19.5 Å². The van der Waals surface area contributed by atoms with Crippen LogP contribution < -0.4 is 5.32 Å². The molecule has 2 aromatic heterocycles. The number of ether oxygens (including phenoxy) is 1. The summed E-state index contributed by atoms with van der Waals surface area (Å²) in [6, 6.07) is 16.4. The van der Waals surface area contributed by atoms with Crippen molar-refractivity contribution >= 4 is 28.9 Å². The number of thiocarbonyl (C=S) groups is 1. The zero-order chi connectivity index (χ0) is 23.7. The quantitative estimate of drug-likeness (QED) is 0.510. The van der Waals surface area contributed by atoms with Gasteiger partial charge in [0.25, 0.3) is 0 Å². The lowest BCUT2D eigenvalue weighted by Crippen LogP contribution is -2.42. The molecule has 3 aromatic rings. The molecule has 0 saturated carbocycles. The first-order chi connectivity index (χ1) is 16.5. The summed E-state index contributed by atoms with van der Waals surface area (Å²) in [5.74, 6) is 0. The van der Waals surface area contributed by atoms with Crippen molar-refractivity contribution in [2.45, 2.75) is 25.9 Å². The maximum Gasteiger partial charge on any atom is 0.170 e. The number of hydrogen-bond acceptors (Lipinski definition) is 4. The summed E-state index contributed by atoms with van der Waals surface area (Å²) in [4.78, 5) is 9.48. The molecule has 0 radical (unpaired) electrons. The summed E-state index contributed by atoms with van der Waals surface area (Å²) in [7, 11) is 0. The molecule has 5 rings (SSSR count). The van der Waals surface area contributed by atoms with E-state index in [1.54, 1.807) is 0 Å². The Balaban J connectivity index is 1.52. The number of hydrogen-bond donors (Lipinski definition) is 1. The molecule has 2 atom stereocenters. The molecule has 6 nitrogen and oxygen atoms in total. The Hall–Kier alpha value is -2.45. The molecule has 2 aliphatic rings. The molecule has 34 heavy (non-hydrogen) atoms. The van der Waals surface area contributed by atoms with Gasteiger partial charge in [0.2, 0.25) is 0 Å². The minimum Gasteiger partial charge on any atom is -0.379 e. The van der Waals surface area contributed by atoms with Crippen LogP contribution in [0.25, 0.3) is 5.69 Å². The number of rotatable bonds is 6. The first-order valence-electron chi connectivity index (χ1n) is 11.8. The van der Waals surface area contributed by atoms with Gasteiger partial charge in [-0.25, -0.2) is 0 Å². The predicted octanol–water partition coefficient (Wildman–Crippen LogP) is 4.45. The zero-order valence-corrected chi connectivity index (χ0v) is 21.1. The van der Waals surface area contributed by atoms with Crippen molar-refractivity contribution < 1.29 is 4.74 Å². The minimum atomic E-state index is -0.0216. The lowest BCUT2D eigenvalue weighted by Gasteiger charge is -2.32. The first-order valence-corrected chi connectivity index (χ1v) is 12.5. The number of halogens is 1. The summed E-state index contributed by atoms with van der Waals surface area (Å²) in [6.45, 7) is 9.64. The molecular formula is C26H30ClN5OS. The van der Waals surface area contributed by atoms with Crippen LogP contribution in [-0.2, 0) is 4.74 Å². The van der Waals surface area contributed by atoms with Gasteiger partial charge in [-0.2, -0.15) is 0 Å². The molecule has 1 N–H and O–H groups in total. The third kappa shape index (κ3) is 4.58. The van der Waals surface area contributed by atoms with E-state index in [1.165, 1.54) is 17.0 Å². The molecule has 2 saturated heterocycles. The third-order valence-electron chi connectivity index (χ3n) is 6.81. The van der Waals surface area contributed by atoms with Crippen LogP contribution >= 0.6 is 23.8 Å². The standard InChI is InChI=1S/C26H30ClN5OS/c1-18-16-22(19(2)32(18)21-7-5-6-20(27)17-21)25-24(23-8-3-4-9-28-23)29-26(34)31(25)11-10-30-12-14-33-15-13-30/h3-9,16-17,24-25H,10-15H2,1-2H3,(H,29,34)/t24-,25+/m0/s1. The minimum absolute atomic E-state index is 0.0216. The average molecular weight is 496 g/mol. The topological polar surface area (TPSA) is 45.6 Å². The van der Waals surface area contributed by atoms with Gasteiger partial charge in [0.05, 0.1) is 31.0 Å². The lowest BCUT2D eigenvalue weighted by atomic mass is 9.96. The van der Waals surface area contributed by atoms with Gasteiger partial charge in [-0.15, -0.1) is 0 Å². The highest BCUT2D eigenvalue weighted by atomic mass is 35.5. The van der Waals surface area contributed by atoms with Crippen molar-refractivity contribution in [2.75, 3.05) is 39.4 Å². The van der Waals surface area contributed by atoms with Gasteiger partial charge in [0, 0.05) is 54.5 Å². The van der Waals surface area contributed by atoms with Crippen molar-refractivity contribution in [2.24, 2.45) is 0 Å². The SMILES string of the molecule is Cc1cc([C@@H]2[C@H](c3ccccn3)NC(=S)N2CCN2CCOCC2)c(C)n1-c1cccc(Cl)c1. The molecule has 4 heterocycles. The van der Waals surface area contributed by atoms with E-state index in [2.05, 4.69) is 56.7 Å². The van der Waals surface area contributed by atoms with E-state index in [1.807, 2.05) is 36.5 Å². The smallest absolute Gasteiger partial charge is 0.170 e. The fourth-order valence-electron chi connectivity index (χ4n) is 5.16. The fourth-order valence-corrected chi connectivity index (χ4v) is 5.67. The highest BCUT2D eigenvalue weighted by Crippen LogP contribution is 2.41. The van der Waals surface area contributed by atoms with Crippen molar-refractivity contribution in [3.63, 3.8) is 0 Å². The van der Waals surface area contributed by atoms with Crippen LogP contribution in [0.5, 0.6) is 0 Å². The summed E-state index contributed by atoms with van der Waals surface area (Å²) in [5, 5.41) is 5.09. The van der Waals surface area contributed by atoms with Crippen LogP contribution in [-0.4, -0.2) is 63.9 Å². The molecule has 1 aromatic carbocycles. The van der Waals surface area contributed by atoms with Gasteiger partial charge in [-0.1, -0.05) is 23.7 Å². The van der Waals surface area contributed by atoms with Crippen LogP contribution in [0.2, 0.25) is 5.02 Å². The van der Waals surface area contributed by atoms with E-state index in [-0.39, 0.29) is 12.1 Å². The Kier molecular flexibility index (Phi) is 6.88.